The van der Waals surface area contributed by atoms with E-state index in [0.717, 1.165) is 17.7 Å². The molecule has 0 spiro atoms. The van der Waals surface area contributed by atoms with Crippen LogP contribution in [0.15, 0.2) is 23.2 Å². The quantitative estimate of drug-likeness (QED) is 0.750. The van der Waals surface area contributed by atoms with Crippen molar-refractivity contribution in [1.82, 2.24) is 4.98 Å². The van der Waals surface area contributed by atoms with Crippen LogP contribution in [0.25, 0.3) is 0 Å². The highest BCUT2D eigenvalue weighted by atomic mass is 32.1. The van der Waals surface area contributed by atoms with E-state index in [-0.39, 0.29) is 6.10 Å². The Bertz CT molecular complexity index is 244. The average Bonchev–Trinajstić information content (AvgIpc) is 2.17. The van der Waals surface area contributed by atoms with Gasteiger partial charge in [-0.05, 0) is 18.9 Å². The van der Waals surface area contributed by atoms with E-state index in [0.29, 0.717) is 5.88 Å². The lowest BCUT2D eigenvalue weighted by Gasteiger charge is -2.14. The summed E-state index contributed by atoms with van der Waals surface area (Å²) in [5, 5.41) is 0. The van der Waals surface area contributed by atoms with Crippen LogP contribution in [0.2, 0.25) is 0 Å². The summed E-state index contributed by atoms with van der Waals surface area (Å²) in [6.07, 6.45) is 4.00. The smallest absolute Gasteiger partial charge is 0.213 e. The number of hydrogen-bond donors (Lipinski definition) is 1. The fourth-order valence-electron chi connectivity index (χ4n) is 1.07. The summed E-state index contributed by atoms with van der Waals surface area (Å²) in [5.41, 5.74) is 0. The minimum absolute atomic E-state index is 0.276. The number of hydrogen-bond acceptors (Lipinski definition) is 3. The zero-order chi connectivity index (χ0) is 9.68. The van der Waals surface area contributed by atoms with Gasteiger partial charge >= 0.3 is 0 Å². The molecule has 0 saturated carbocycles. The van der Waals surface area contributed by atoms with Crippen molar-refractivity contribution in [3.05, 3.63) is 18.3 Å². The van der Waals surface area contributed by atoms with Crippen molar-refractivity contribution in [2.75, 3.05) is 0 Å². The topological polar surface area (TPSA) is 22.1 Å². The summed E-state index contributed by atoms with van der Waals surface area (Å²) in [6.45, 7) is 4.22. The van der Waals surface area contributed by atoms with E-state index in [4.69, 9.17) is 4.74 Å². The zero-order valence-electron chi connectivity index (χ0n) is 8.03. The predicted molar refractivity (Wildman–Crippen MR) is 56.5 cm³/mol. The van der Waals surface area contributed by atoms with Crippen molar-refractivity contribution in [2.24, 2.45) is 0 Å². The molecule has 0 aliphatic heterocycles. The summed E-state index contributed by atoms with van der Waals surface area (Å²) in [5.74, 6) is 0.687. The Hall–Kier alpha value is -0.700. The molecule has 0 bridgehead atoms. The van der Waals surface area contributed by atoms with Crippen molar-refractivity contribution in [1.29, 1.82) is 0 Å². The van der Waals surface area contributed by atoms with Crippen LogP contribution < -0.4 is 4.74 Å². The lowest BCUT2D eigenvalue weighted by molar-refractivity contribution is 0.185. The highest BCUT2D eigenvalue weighted by molar-refractivity contribution is 7.80. The molecular formula is C10H15NOS. The Morgan fingerprint density at radius 3 is 2.54 bits per heavy atom. The molecule has 1 heterocycles. The standard InChI is InChI=1S/C10H15NOS/c1-3-8(4-2)12-10-6-5-9(13)7-11-10/h5-8,13H,3-4H2,1-2H3. The average molecular weight is 197 g/mol. The molecule has 0 aliphatic rings. The first-order valence-corrected chi connectivity index (χ1v) is 5.02. The van der Waals surface area contributed by atoms with Crippen LogP contribution in [0.1, 0.15) is 26.7 Å². The van der Waals surface area contributed by atoms with Crippen molar-refractivity contribution < 1.29 is 4.74 Å². The number of nitrogens with zero attached hydrogens (tertiary/aromatic N) is 1. The summed E-state index contributed by atoms with van der Waals surface area (Å²) in [4.78, 5) is 4.97. The maximum absolute atomic E-state index is 5.62. The highest BCUT2D eigenvalue weighted by Crippen LogP contribution is 2.13. The summed E-state index contributed by atoms with van der Waals surface area (Å²) in [7, 11) is 0. The fourth-order valence-corrected chi connectivity index (χ4v) is 1.20. The second-order valence-electron chi connectivity index (χ2n) is 2.91. The minimum atomic E-state index is 0.276. The number of aromatic nitrogens is 1. The van der Waals surface area contributed by atoms with Gasteiger partial charge in [-0.2, -0.15) is 0 Å². The molecule has 1 aromatic rings. The molecule has 0 fully saturated rings. The van der Waals surface area contributed by atoms with Crippen LogP contribution in [0.5, 0.6) is 5.88 Å². The Morgan fingerprint density at radius 2 is 2.08 bits per heavy atom. The van der Waals surface area contributed by atoms with Gasteiger partial charge in [-0.3, -0.25) is 0 Å². The summed E-state index contributed by atoms with van der Waals surface area (Å²) in [6, 6.07) is 3.73. The molecule has 0 atom stereocenters. The molecule has 0 unspecified atom stereocenters. The molecule has 13 heavy (non-hydrogen) atoms. The number of rotatable bonds is 4. The predicted octanol–water partition coefficient (Wildman–Crippen LogP) is 2.94. The monoisotopic (exact) mass is 197 g/mol. The van der Waals surface area contributed by atoms with Crippen molar-refractivity contribution >= 4 is 12.6 Å². The van der Waals surface area contributed by atoms with Gasteiger partial charge in [-0.25, -0.2) is 4.98 Å². The molecule has 3 heteroatoms. The van der Waals surface area contributed by atoms with Crippen LogP contribution in [-0.2, 0) is 0 Å². The third-order valence-corrected chi connectivity index (χ3v) is 2.18. The lowest BCUT2D eigenvalue weighted by atomic mass is 10.2. The van der Waals surface area contributed by atoms with Crippen molar-refractivity contribution in [3.63, 3.8) is 0 Å². The van der Waals surface area contributed by atoms with Gasteiger partial charge in [0, 0.05) is 17.2 Å². The molecule has 0 N–H and O–H groups in total. The molecular weight excluding hydrogens is 182 g/mol. The third-order valence-electron chi connectivity index (χ3n) is 1.92. The second kappa shape index (κ2) is 5.12. The van der Waals surface area contributed by atoms with E-state index in [9.17, 15) is 0 Å². The summed E-state index contributed by atoms with van der Waals surface area (Å²) >= 11 is 4.15. The SMILES string of the molecule is CCC(CC)Oc1ccc(S)cn1. The van der Waals surface area contributed by atoms with Gasteiger partial charge in [-0.15, -0.1) is 12.6 Å². The van der Waals surface area contributed by atoms with Gasteiger partial charge in [0.15, 0.2) is 0 Å². The third kappa shape index (κ3) is 3.27. The van der Waals surface area contributed by atoms with Crippen LogP contribution in [0.4, 0.5) is 0 Å². The Labute approximate surface area is 84.7 Å². The number of ether oxygens (including phenoxy) is 1. The van der Waals surface area contributed by atoms with E-state index in [2.05, 4.69) is 31.5 Å². The Morgan fingerprint density at radius 1 is 1.38 bits per heavy atom. The highest BCUT2D eigenvalue weighted by Gasteiger charge is 2.04. The fraction of sp³-hybridized carbons (Fsp3) is 0.500. The molecule has 2 nitrogen and oxygen atoms in total. The van der Waals surface area contributed by atoms with E-state index < -0.39 is 0 Å². The van der Waals surface area contributed by atoms with E-state index in [1.807, 2.05) is 12.1 Å². The number of pyridine rings is 1. The van der Waals surface area contributed by atoms with E-state index in [1.54, 1.807) is 6.20 Å². The molecule has 0 aliphatic carbocycles. The molecule has 0 radical (unpaired) electrons. The van der Waals surface area contributed by atoms with Gasteiger partial charge in [0.25, 0.3) is 0 Å². The van der Waals surface area contributed by atoms with Crippen LogP contribution in [0.3, 0.4) is 0 Å². The first kappa shape index (κ1) is 10.4. The van der Waals surface area contributed by atoms with Gasteiger partial charge in [0.1, 0.15) is 0 Å². The van der Waals surface area contributed by atoms with Gasteiger partial charge in [0.2, 0.25) is 5.88 Å². The van der Waals surface area contributed by atoms with E-state index in [1.165, 1.54) is 0 Å². The van der Waals surface area contributed by atoms with Gasteiger partial charge in [-0.1, -0.05) is 13.8 Å². The van der Waals surface area contributed by atoms with Crippen LogP contribution >= 0.6 is 12.6 Å². The molecule has 0 saturated heterocycles. The normalized spacial score (nSPS) is 10.5. The molecule has 1 rings (SSSR count). The molecule has 1 aromatic heterocycles. The maximum atomic E-state index is 5.62. The minimum Gasteiger partial charge on any atom is -0.474 e. The van der Waals surface area contributed by atoms with Crippen molar-refractivity contribution in [3.8, 4) is 5.88 Å². The van der Waals surface area contributed by atoms with E-state index >= 15 is 0 Å². The van der Waals surface area contributed by atoms with Gasteiger partial charge < -0.3 is 4.74 Å². The second-order valence-corrected chi connectivity index (χ2v) is 3.43. The largest absolute Gasteiger partial charge is 0.474 e. The molecule has 0 aromatic carbocycles. The van der Waals surface area contributed by atoms with Crippen molar-refractivity contribution in [2.45, 2.75) is 37.7 Å². The Kier molecular flexibility index (Phi) is 4.09. The first-order valence-electron chi connectivity index (χ1n) is 4.58. The Balaban J connectivity index is 2.58. The maximum Gasteiger partial charge on any atom is 0.213 e. The molecule has 0 amide bonds. The van der Waals surface area contributed by atoms with Gasteiger partial charge in [0.05, 0.1) is 6.10 Å². The summed E-state index contributed by atoms with van der Waals surface area (Å²) < 4.78 is 5.62. The zero-order valence-corrected chi connectivity index (χ0v) is 8.92. The molecule has 72 valence electrons. The number of thiol groups is 1. The first-order chi connectivity index (χ1) is 6.26. The van der Waals surface area contributed by atoms with Crippen LogP contribution in [0, 0.1) is 0 Å². The van der Waals surface area contributed by atoms with Crippen LogP contribution in [-0.4, -0.2) is 11.1 Å². The lowest BCUT2D eigenvalue weighted by Crippen LogP contribution is -2.14.